The molecule has 0 aromatic carbocycles. The van der Waals surface area contributed by atoms with Gasteiger partial charge in [0.1, 0.15) is 5.60 Å². The zero-order valence-corrected chi connectivity index (χ0v) is 15.2. The second-order valence-electron chi connectivity index (χ2n) is 8.23. The molecule has 0 atom stereocenters. The standard InChI is InChI=1S/C18H35N3O2/c1-18(2,3)23-17(22)21-13-6-15(7-14-21)5-4-10-20-11-8-16(19)9-12-20/h15-16H,4-14,19H2,1-3H3. The van der Waals surface area contributed by atoms with Gasteiger partial charge in [-0.15, -0.1) is 0 Å². The van der Waals surface area contributed by atoms with Crippen LogP contribution in [0.3, 0.4) is 0 Å². The SMILES string of the molecule is CC(C)(C)OC(=O)N1CCC(CCCN2CCC(N)CC2)CC1. The number of hydrogen-bond donors (Lipinski definition) is 1. The van der Waals surface area contributed by atoms with E-state index >= 15 is 0 Å². The van der Waals surface area contributed by atoms with Gasteiger partial charge in [0.15, 0.2) is 0 Å². The van der Waals surface area contributed by atoms with Gasteiger partial charge in [-0.25, -0.2) is 4.79 Å². The maximum atomic E-state index is 12.1. The first kappa shape index (κ1) is 18.5. The molecule has 134 valence electrons. The van der Waals surface area contributed by atoms with Gasteiger partial charge in [-0.1, -0.05) is 0 Å². The number of carbonyl (C=O) groups excluding carboxylic acids is 1. The van der Waals surface area contributed by atoms with Crippen LogP contribution in [0.2, 0.25) is 0 Å². The Morgan fingerprint density at radius 1 is 1.09 bits per heavy atom. The van der Waals surface area contributed by atoms with Crippen molar-refractivity contribution in [3.63, 3.8) is 0 Å². The van der Waals surface area contributed by atoms with Crippen molar-refractivity contribution in [3.05, 3.63) is 0 Å². The van der Waals surface area contributed by atoms with Crippen LogP contribution in [0.4, 0.5) is 4.79 Å². The van der Waals surface area contributed by atoms with E-state index in [0.29, 0.717) is 6.04 Å². The third-order valence-electron chi connectivity index (χ3n) is 4.99. The topological polar surface area (TPSA) is 58.8 Å². The largest absolute Gasteiger partial charge is 0.444 e. The Kier molecular flexibility index (Phi) is 6.72. The molecule has 2 aliphatic rings. The molecular weight excluding hydrogens is 290 g/mol. The van der Waals surface area contributed by atoms with Crippen molar-refractivity contribution in [2.75, 3.05) is 32.7 Å². The highest BCUT2D eigenvalue weighted by atomic mass is 16.6. The van der Waals surface area contributed by atoms with Gasteiger partial charge in [-0.05, 0) is 84.8 Å². The highest BCUT2D eigenvalue weighted by molar-refractivity contribution is 5.68. The minimum absolute atomic E-state index is 0.152. The predicted octanol–water partition coefficient (Wildman–Crippen LogP) is 2.84. The normalized spacial score (nSPS) is 22.3. The monoisotopic (exact) mass is 325 g/mol. The van der Waals surface area contributed by atoms with Gasteiger partial charge in [0.2, 0.25) is 0 Å². The van der Waals surface area contributed by atoms with Crippen molar-refractivity contribution in [1.82, 2.24) is 9.80 Å². The third kappa shape index (κ3) is 6.68. The smallest absolute Gasteiger partial charge is 0.410 e. The van der Waals surface area contributed by atoms with E-state index in [0.717, 1.165) is 57.8 Å². The van der Waals surface area contributed by atoms with Crippen LogP contribution in [-0.4, -0.2) is 60.3 Å². The lowest BCUT2D eigenvalue weighted by molar-refractivity contribution is 0.0179. The first-order valence-corrected chi connectivity index (χ1v) is 9.29. The molecule has 0 aromatic rings. The molecule has 0 bridgehead atoms. The molecule has 0 radical (unpaired) electrons. The number of likely N-dealkylation sites (tertiary alicyclic amines) is 2. The summed E-state index contributed by atoms with van der Waals surface area (Å²) in [7, 11) is 0. The first-order valence-electron chi connectivity index (χ1n) is 9.29. The Bertz CT molecular complexity index is 365. The number of amides is 1. The van der Waals surface area contributed by atoms with Gasteiger partial charge >= 0.3 is 6.09 Å². The molecule has 2 rings (SSSR count). The third-order valence-corrected chi connectivity index (χ3v) is 4.99. The maximum absolute atomic E-state index is 12.1. The molecule has 5 nitrogen and oxygen atoms in total. The Labute approximate surface area is 141 Å². The molecule has 0 unspecified atom stereocenters. The van der Waals surface area contributed by atoms with Crippen LogP contribution in [0, 0.1) is 5.92 Å². The lowest BCUT2D eigenvalue weighted by atomic mass is 9.92. The molecule has 2 aliphatic heterocycles. The molecule has 2 fully saturated rings. The summed E-state index contributed by atoms with van der Waals surface area (Å²) in [4.78, 5) is 16.5. The summed E-state index contributed by atoms with van der Waals surface area (Å²) in [6.45, 7) is 11.0. The summed E-state index contributed by atoms with van der Waals surface area (Å²) in [5, 5.41) is 0. The van der Waals surface area contributed by atoms with Crippen molar-refractivity contribution >= 4 is 6.09 Å². The quantitative estimate of drug-likeness (QED) is 0.863. The van der Waals surface area contributed by atoms with Crippen LogP contribution in [0.15, 0.2) is 0 Å². The fourth-order valence-electron chi connectivity index (χ4n) is 3.51. The number of nitrogens with zero attached hydrogens (tertiary/aromatic N) is 2. The summed E-state index contributed by atoms with van der Waals surface area (Å²) in [5.74, 6) is 0.765. The maximum Gasteiger partial charge on any atom is 0.410 e. The van der Waals surface area contributed by atoms with Crippen molar-refractivity contribution in [2.45, 2.75) is 70.9 Å². The van der Waals surface area contributed by atoms with E-state index in [1.807, 2.05) is 25.7 Å². The van der Waals surface area contributed by atoms with Crippen molar-refractivity contribution in [3.8, 4) is 0 Å². The van der Waals surface area contributed by atoms with Gasteiger partial charge < -0.3 is 20.3 Å². The molecule has 2 heterocycles. The van der Waals surface area contributed by atoms with Gasteiger partial charge in [-0.3, -0.25) is 0 Å². The van der Waals surface area contributed by atoms with Crippen LogP contribution in [0.1, 0.15) is 59.3 Å². The lowest BCUT2D eigenvalue weighted by Crippen LogP contribution is -2.42. The molecule has 2 N–H and O–H groups in total. The van der Waals surface area contributed by atoms with E-state index in [2.05, 4.69) is 4.90 Å². The molecule has 0 saturated carbocycles. The molecule has 23 heavy (non-hydrogen) atoms. The molecule has 5 heteroatoms. The second kappa shape index (κ2) is 8.34. The van der Waals surface area contributed by atoms with Gasteiger partial charge in [0.25, 0.3) is 0 Å². The van der Waals surface area contributed by atoms with E-state index in [9.17, 15) is 4.79 Å². The summed E-state index contributed by atoms with van der Waals surface area (Å²) in [6.07, 6.45) is 6.93. The average molecular weight is 325 g/mol. The molecule has 1 amide bonds. The minimum atomic E-state index is -0.398. The minimum Gasteiger partial charge on any atom is -0.444 e. The number of rotatable bonds is 4. The molecule has 0 aliphatic carbocycles. The lowest BCUT2D eigenvalue weighted by Gasteiger charge is -2.34. The van der Waals surface area contributed by atoms with Crippen molar-refractivity contribution < 1.29 is 9.53 Å². The van der Waals surface area contributed by atoms with E-state index < -0.39 is 5.60 Å². The van der Waals surface area contributed by atoms with E-state index in [4.69, 9.17) is 10.5 Å². The fraction of sp³-hybridized carbons (Fsp3) is 0.944. The van der Waals surface area contributed by atoms with Crippen molar-refractivity contribution in [1.29, 1.82) is 0 Å². The van der Waals surface area contributed by atoms with Gasteiger partial charge in [0.05, 0.1) is 0 Å². The highest BCUT2D eigenvalue weighted by Gasteiger charge is 2.26. The predicted molar refractivity (Wildman–Crippen MR) is 93.4 cm³/mol. The summed E-state index contributed by atoms with van der Waals surface area (Å²) in [6, 6.07) is 0.420. The molecule has 2 saturated heterocycles. The zero-order valence-electron chi connectivity index (χ0n) is 15.2. The second-order valence-corrected chi connectivity index (χ2v) is 8.23. The van der Waals surface area contributed by atoms with Gasteiger partial charge in [0, 0.05) is 19.1 Å². The van der Waals surface area contributed by atoms with E-state index in [1.54, 1.807) is 0 Å². The first-order chi connectivity index (χ1) is 10.8. The van der Waals surface area contributed by atoms with Gasteiger partial charge in [-0.2, -0.15) is 0 Å². The van der Waals surface area contributed by atoms with Crippen LogP contribution >= 0.6 is 0 Å². The molecular formula is C18H35N3O2. The summed E-state index contributed by atoms with van der Waals surface area (Å²) >= 11 is 0. The number of hydrogen-bond acceptors (Lipinski definition) is 4. The highest BCUT2D eigenvalue weighted by Crippen LogP contribution is 2.23. The Morgan fingerprint density at radius 2 is 1.70 bits per heavy atom. The van der Waals surface area contributed by atoms with Crippen LogP contribution in [0.25, 0.3) is 0 Å². The van der Waals surface area contributed by atoms with Crippen LogP contribution in [-0.2, 0) is 4.74 Å². The Hall–Kier alpha value is -0.810. The number of piperidine rings is 2. The summed E-state index contributed by atoms with van der Waals surface area (Å²) < 4.78 is 5.45. The number of ether oxygens (including phenoxy) is 1. The molecule has 0 aromatic heterocycles. The Balaban J connectivity index is 1.59. The Morgan fingerprint density at radius 3 is 2.26 bits per heavy atom. The van der Waals surface area contributed by atoms with Crippen LogP contribution < -0.4 is 5.73 Å². The number of carbonyl (C=O) groups is 1. The average Bonchev–Trinajstić information content (AvgIpc) is 2.48. The van der Waals surface area contributed by atoms with E-state index in [-0.39, 0.29) is 6.09 Å². The molecule has 0 spiro atoms. The van der Waals surface area contributed by atoms with Crippen molar-refractivity contribution in [2.24, 2.45) is 11.7 Å². The zero-order chi connectivity index (χ0) is 16.9. The fourth-order valence-corrected chi connectivity index (χ4v) is 3.51. The number of nitrogens with two attached hydrogens (primary N) is 1. The summed E-state index contributed by atoms with van der Waals surface area (Å²) in [5.41, 5.74) is 5.55. The van der Waals surface area contributed by atoms with Crippen LogP contribution in [0.5, 0.6) is 0 Å². The van der Waals surface area contributed by atoms with E-state index in [1.165, 1.54) is 19.4 Å².